The summed E-state index contributed by atoms with van der Waals surface area (Å²) in [6, 6.07) is 14.1. The van der Waals surface area contributed by atoms with Crippen LogP contribution in [0.2, 0.25) is 0 Å². The normalized spacial score (nSPS) is 20.7. The van der Waals surface area contributed by atoms with Crippen molar-refractivity contribution in [2.45, 2.75) is 58.4 Å². The van der Waals surface area contributed by atoms with E-state index in [9.17, 15) is 4.79 Å². The summed E-state index contributed by atoms with van der Waals surface area (Å²) in [6.07, 6.45) is 4.73. The third-order valence-corrected chi connectivity index (χ3v) is 8.54. The molecular formula is C30H42N2O5S. The number of carbonyl (C=O) groups is 1. The minimum absolute atomic E-state index is 0.0315. The van der Waals surface area contributed by atoms with Crippen molar-refractivity contribution in [2.75, 3.05) is 46.0 Å². The Morgan fingerprint density at radius 1 is 1.00 bits per heavy atom. The summed E-state index contributed by atoms with van der Waals surface area (Å²) in [6.45, 7) is 9.85. The number of methoxy groups -OCH3 is 1. The van der Waals surface area contributed by atoms with Gasteiger partial charge in [0.1, 0.15) is 5.75 Å². The Kier molecular flexibility index (Phi) is 10.6. The van der Waals surface area contributed by atoms with E-state index in [1.165, 1.54) is 25.7 Å². The van der Waals surface area contributed by atoms with Gasteiger partial charge in [0.2, 0.25) is 6.79 Å². The van der Waals surface area contributed by atoms with E-state index in [0.717, 1.165) is 53.9 Å². The molecule has 0 unspecified atom stereocenters. The molecule has 38 heavy (non-hydrogen) atoms. The van der Waals surface area contributed by atoms with E-state index in [0.29, 0.717) is 6.61 Å². The first kappa shape index (κ1) is 28.6. The highest BCUT2D eigenvalue weighted by Crippen LogP contribution is 2.49. The smallest absolute Gasteiger partial charge is 0.311 e. The number of rotatable bonds is 14. The predicted octanol–water partition coefficient (Wildman–Crippen LogP) is 6.25. The topological polar surface area (TPSA) is 60.5 Å². The maximum atomic E-state index is 13.6. The quantitative estimate of drug-likeness (QED) is 0.205. The number of esters is 1. The Morgan fingerprint density at radius 3 is 2.34 bits per heavy atom. The molecule has 0 N–H and O–H groups in total. The number of unbranched alkanes of at least 4 members (excludes halogenated alkanes) is 2. The maximum Gasteiger partial charge on any atom is 0.311 e. The van der Waals surface area contributed by atoms with E-state index < -0.39 is 0 Å². The molecule has 8 heteroatoms. The molecule has 0 bridgehead atoms. The van der Waals surface area contributed by atoms with Crippen LogP contribution in [0, 0.1) is 5.92 Å². The molecule has 2 aliphatic heterocycles. The number of hydrogen-bond donors (Lipinski definition) is 0. The lowest BCUT2D eigenvalue weighted by atomic mass is 9.82. The van der Waals surface area contributed by atoms with Crippen molar-refractivity contribution in [1.29, 1.82) is 0 Å². The zero-order chi connectivity index (χ0) is 26.9. The second kappa shape index (κ2) is 14.1. The number of ether oxygens (including phenoxy) is 4. The summed E-state index contributed by atoms with van der Waals surface area (Å²) in [7, 11) is 1.67. The summed E-state index contributed by atoms with van der Waals surface area (Å²) in [5.74, 6) is 2.57. The third-order valence-electron chi connectivity index (χ3n) is 7.37. The fourth-order valence-corrected chi connectivity index (χ4v) is 6.43. The van der Waals surface area contributed by atoms with Gasteiger partial charge in [-0.2, -0.15) is 0 Å². The van der Waals surface area contributed by atoms with Gasteiger partial charge < -0.3 is 18.9 Å². The zero-order valence-electron chi connectivity index (χ0n) is 23.2. The number of hydrogen-bond acceptors (Lipinski definition) is 8. The second-order valence-corrected chi connectivity index (χ2v) is 10.9. The molecular weight excluding hydrogens is 500 g/mol. The van der Waals surface area contributed by atoms with Crippen molar-refractivity contribution in [1.82, 2.24) is 9.21 Å². The van der Waals surface area contributed by atoms with Crippen molar-refractivity contribution in [2.24, 2.45) is 5.92 Å². The van der Waals surface area contributed by atoms with E-state index in [1.54, 1.807) is 7.11 Å². The van der Waals surface area contributed by atoms with Crippen LogP contribution < -0.4 is 14.2 Å². The Morgan fingerprint density at radius 2 is 1.68 bits per heavy atom. The molecule has 7 nitrogen and oxygen atoms in total. The van der Waals surface area contributed by atoms with Crippen LogP contribution in [-0.2, 0) is 9.53 Å². The molecule has 2 heterocycles. The molecule has 2 aromatic rings. The highest BCUT2D eigenvalue weighted by Gasteiger charge is 2.48. The number of benzene rings is 2. The Bertz CT molecular complexity index is 1030. The van der Waals surface area contributed by atoms with Crippen LogP contribution >= 0.6 is 11.9 Å². The molecule has 0 spiro atoms. The van der Waals surface area contributed by atoms with Crippen LogP contribution in [0.1, 0.15) is 69.5 Å². The van der Waals surface area contributed by atoms with Gasteiger partial charge in [0.15, 0.2) is 11.5 Å². The maximum absolute atomic E-state index is 13.6. The zero-order valence-corrected chi connectivity index (χ0v) is 24.0. The molecule has 0 aliphatic carbocycles. The van der Waals surface area contributed by atoms with Gasteiger partial charge in [0.05, 0.1) is 25.5 Å². The van der Waals surface area contributed by atoms with Gasteiger partial charge in [-0.1, -0.05) is 56.8 Å². The van der Waals surface area contributed by atoms with Gasteiger partial charge in [0, 0.05) is 31.6 Å². The number of nitrogens with zero attached hydrogens (tertiary/aromatic N) is 2. The van der Waals surface area contributed by atoms with Crippen molar-refractivity contribution in [3.63, 3.8) is 0 Å². The van der Waals surface area contributed by atoms with Crippen LogP contribution in [-0.4, -0.2) is 61.2 Å². The largest absolute Gasteiger partial charge is 0.497 e. The number of carbonyl (C=O) groups excluding carboxylic acids is 1. The Balaban J connectivity index is 1.66. The van der Waals surface area contributed by atoms with Crippen LogP contribution in [0.4, 0.5) is 0 Å². The molecule has 0 saturated carbocycles. The molecule has 208 valence electrons. The lowest BCUT2D eigenvalue weighted by Gasteiger charge is -2.30. The molecule has 0 aromatic heterocycles. The van der Waals surface area contributed by atoms with E-state index >= 15 is 0 Å². The minimum Gasteiger partial charge on any atom is -0.497 e. The molecule has 3 atom stereocenters. The lowest BCUT2D eigenvalue weighted by Crippen LogP contribution is -2.31. The van der Waals surface area contributed by atoms with Gasteiger partial charge in [-0.25, -0.2) is 4.31 Å². The minimum atomic E-state index is -0.343. The summed E-state index contributed by atoms with van der Waals surface area (Å²) >= 11 is 1.89. The van der Waals surface area contributed by atoms with Crippen LogP contribution in [0.25, 0.3) is 0 Å². The van der Waals surface area contributed by atoms with Crippen LogP contribution in [0.15, 0.2) is 42.5 Å². The molecule has 2 aliphatic rings. The first-order valence-corrected chi connectivity index (χ1v) is 14.9. The van der Waals surface area contributed by atoms with Crippen molar-refractivity contribution in [3.8, 4) is 17.2 Å². The standard InChI is InChI=1S/C30H42N2O5S/c1-5-8-16-32(17-9-6-2)38-20-31-19-25(23-12-15-26-27(18-23)37-21-36-26)28(30(33)35-7-3)29(31)22-10-13-24(34-4)14-11-22/h10-15,18,25,28-29H,5-9,16-17,19-21H2,1-4H3/t25-,28+,29-/m1/s1. The Hall–Kier alpha value is -2.42. The molecule has 0 amide bonds. The molecule has 1 fully saturated rings. The molecule has 1 saturated heterocycles. The fourth-order valence-electron chi connectivity index (χ4n) is 5.33. The van der Waals surface area contributed by atoms with Crippen molar-refractivity contribution in [3.05, 3.63) is 53.6 Å². The van der Waals surface area contributed by atoms with Gasteiger partial charge in [-0.3, -0.25) is 9.69 Å². The van der Waals surface area contributed by atoms with Gasteiger partial charge >= 0.3 is 5.97 Å². The van der Waals surface area contributed by atoms with E-state index in [-0.39, 0.29) is 30.6 Å². The SMILES string of the molecule is CCCCN(CCCC)SCN1C[C@H](c2ccc3c(c2)OCO3)[C@H](C(=O)OCC)[C@H]1c1ccc(OC)cc1. The molecule has 2 aromatic carbocycles. The summed E-state index contributed by atoms with van der Waals surface area (Å²) in [4.78, 5) is 16.0. The highest BCUT2D eigenvalue weighted by molar-refractivity contribution is 7.96. The summed E-state index contributed by atoms with van der Waals surface area (Å²) < 4.78 is 24.8. The van der Waals surface area contributed by atoms with E-state index in [2.05, 4.69) is 41.3 Å². The lowest BCUT2D eigenvalue weighted by molar-refractivity contribution is -0.149. The number of likely N-dealkylation sites (tertiary alicyclic amines) is 1. The van der Waals surface area contributed by atoms with Gasteiger partial charge in [-0.05, 0) is 55.2 Å². The molecule has 4 rings (SSSR count). The van der Waals surface area contributed by atoms with E-state index in [4.69, 9.17) is 18.9 Å². The second-order valence-electron chi connectivity index (χ2n) is 9.88. The predicted molar refractivity (Wildman–Crippen MR) is 152 cm³/mol. The molecule has 0 radical (unpaired) electrons. The Labute approximate surface area is 231 Å². The fraction of sp³-hybridized carbons (Fsp3) is 0.567. The first-order valence-electron chi connectivity index (χ1n) is 13.9. The van der Waals surface area contributed by atoms with Crippen LogP contribution in [0.5, 0.6) is 17.2 Å². The third kappa shape index (κ3) is 6.77. The summed E-state index contributed by atoms with van der Waals surface area (Å²) in [5.41, 5.74) is 2.17. The van der Waals surface area contributed by atoms with Gasteiger partial charge in [-0.15, -0.1) is 0 Å². The summed E-state index contributed by atoms with van der Waals surface area (Å²) in [5, 5.41) is 0. The average molecular weight is 543 g/mol. The number of fused-ring (bicyclic) bond motifs is 1. The van der Waals surface area contributed by atoms with Crippen molar-refractivity contribution < 1.29 is 23.7 Å². The highest BCUT2D eigenvalue weighted by atomic mass is 32.2. The first-order chi connectivity index (χ1) is 18.6. The van der Waals surface area contributed by atoms with Gasteiger partial charge in [0.25, 0.3) is 0 Å². The average Bonchev–Trinajstić information content (AvgIpc) is 3.57. The van der Waals surface area contributed by atoms with E-state index in [1.807, 2.05) is 43.1 Å². The van der Waals surface area contributed by atoms with Crippen molar-refractivity contribution >= 4 is 17.9 Å². The van der Waals surface area contributed by atoms with Crippen LogP contribution in [0.3, 0.4) is 0 Å². The monoisotopic (exact) mass is 542 g/mol.